The Kier molecular flexibility index (Phi) is 2.08. The maximum atomic E-state index is 6.00. The van der Waals surface area contributed by atoms with E-state index in [0.717, 1.165) is 12.2 Å². The van der Waals surface area contributed by atoms with Gasteiger partial charge in [0.2, 0.25) is 0 Å². The molecule has 1 N–H and O–H groups in total. The van der Waals surface area contributed by atoms with Crippen molar-refractivity contribution in [2.75, 3.05) is 5.32 Å². The van der Waals surface area contributed by atoms with Crippen LogP contribution in [0.15, 0.2) is 18.2 Å². The number of ether oxygens (including phenoxy) is 1. The van der Waals surface area contributed by atoms with Gasteiger partial charge in [0, 0.05) is 17.3 Å². The van der Waals surface area contributed by atoms with Gasteiger partial charge < -0.3 is 10.1 Å². The highest BCUT2D eigenvalue weighted by molar-refractivity contribution is 5.62. The SMILES string of the molecule is CC1Cc2c(cccc2OC2CCC2)N1. The zero-order valence-corrected chi connectivity index (χ0v) is 9.12. The monoisotopic (exact) mass is 203 g/mol. The van der Waals surface area contributed by atoms with Crippen LogP contribution in [-0.4, -0.2) is 12.1 Å². The number of hydrogen-bond acceptors (Lipinski definition) is 2. The minimum absolute atomic E-state index is 0.479. The quantitative estimate of drug-likeness (QED) is 0.797. The number of fused-ring (bicyclic) bond motifs is 1. The number of rotatable bonds is 2. The van der Waals surface area contributed by atoms with Gasteiger partial charge >= 0.3 is 0 Å². The van der Waals surface area contributed by atoms with Crippen molar-refractivity contribution in [3.8, 4) is 5.75 Å². The lowest BCUT2D eigenvalue weighted by Crippen LogP contribution is -2.24. The van der Waals surface area contributed by atoms with Crippen LogP contribution in [0.25, 0.3) is 0 Å². The predicted molar refractivity (Wildman–Crippen MR) is 61.5 cm³/mol. The van der Waals surface area contributed by atoms with Crippen molar-refractivity contribution in [3.63, 3.8) is 0 Å². The summed E-state index contributed by atoms with van der Waals surface area (Å²) < 4.78 is 6.00. The van der Waals surface area contributed by atoms with Gasteiger partial charge in [-0.15, -0.1) is 0 Å². The summed E-state index contributed by atoms with van der Waals surface area (Å²) in [6.45, 7) is 2.22. The molecule has 1 aromatic rings. The van der Waals surface area contributed by atoms with E-state index in [4.69, 9.17) is 4.74 Å². The largest absolute Gasteiger partial charge is 0.490 e. The van der Waals surface area contributed by atoms with Gasteiger partial charge in [-0.1, -0.05) is 6.07 Å². The van der Waals surface area contributed by atoms with Crippen molar-refractivity contribution in [3.05, 3.63) is 23.8 Å². The van der Waals surface area contributed by atoms with Crippen LogP contribution in [-0.2, 0) is 6.42 Å². The van der Waals surface area contributed by atoms with Gasteiger partial charge in [0.25, 0.3) is 0 Å². The lowest BCUT2D eigenvalue weighted by atomic mass is 9.96. The van der Waals surface area contributed by atoms with Crippen LogP contribution < -0.4 is 10.1 Å². The van der Waals surface area contributed by atoms with Gasteiger partial charge in [0.15, 0.2) is 0 Å². The van der Waals surface area contributed by atoms with Crippen LogP contribution in [0, 0.1) is 0 Å². The first-order valence-electron chi connectivity index (χ1n) is 5.88. The summed E-state index contributed by atoms with van der Waals surface area (Å²) >= 11 is 0. The normalized spacial score (nSPS) is 24.2. The molecular formula is C13H17NO. The first kappa shape index (κ1) is 9.08. The Bertz CT molecular complexity index is 371. The maximum absolute atomic E-state index is 6.00. The van der Waals surface area contributed by atoms with Gasteiger partial charge in [0.05, 0.1) is 6.10 Å². The molecule has 1 aliphatic heterocycles. The van der Waals surface area contributed by atoms with E-state index < -0.39 is 0 Å². The molecule has 80 valence electrons. The highest BCUT2D eigenvalue weighted by atomic mass is 16.5. The van der Waals surface area contributed by atoms with Crippen molar-refractivity contribution in [1.82, 2.24) is 0 Å². The number of nitrogens with one attached hydrogen (secondary N) is 1. The highest BCUT2D eigenvalue weighted by Crippen LogP contribution is 2.35. The molecule has 15 heavy (non-hydrogen) atoms. The number of benzene rings is 1. The van der Waals surface area contributed by atoms with Crippen LogP contribution in [0.5, 0.6) is 5.75 Å². The standard InChI is InChI=1S/C13H17NO/c1-9-8-11-12(14-9)6-3-7-13(11)15-10-4-2-5-10/h3,6-7,9-10,14H,2,4-5,8H2,1H3. The third-order valence-corrected chi connectivity index (χ3v) is 3.39. The summed E-state index contributed by atoms with van der Waals surface area (Å²) in [5, 5.41) is 3.47. The average Bonchev–Trinajstić information content (AvgIpc) is 2.52. The molecule has 1 aromatic carbocycles. The molecular weight excluding hydrogens is 186 g/mol. The molecule has 1 aliphatic carbocycles. The molecule has 2 heteroatoms. The van der Waals surface area contributed by atoms with Gasteiger partial charge in [0.1, 0.15) is 5.75 Å². The van der Waals surface area contributed by atoms with Gasteiger partial charge in [-0.05, 0) is 44.7 Å². The molecule has 0 bridgehead atoms. The van der Waals surface area contributed by atoms with Crippen LogP contribution in [0.2, 0.25) is 0 Å². The van der Waals surface area contributed by atoms with E-state index in [1.165, 1.54) is 30.5 Å². The van der Waals surface area contributed by atoms with Crippen molar-refractivity contribution in [1.29, 1.82) is 0 Å². The Morgan fingerprint density at radius 2 is 2.20 bits per heavy atom. The van der Waals surface area contributed by atoms with Gasteiger partial charge in [-0.3, -0.25) is 0 Å². The summed E-state index contributed by atoms with van der Waals surface area (Å²) in [6, 6.07) is 6.88. The smallest absolute Gasteiger partial charge is 0.125 e. The average molecular weight is 203 g/mol. The lowest BCUT2D eigenvalue weighted by Gasteiger charge is -2.27. The first-order chi connectivity index (χ1) is 7.33. The van der Waals surface area contributed by atoms with E-state index in [1.807, 2.05) is 0 Å². The molecule has 2 aliphatic rings. The van der Waals surface area contributed by atoms with E-state index in [1.54, 1.807) is 0 Å². The van der Waals surface area contributed by atoms with Crippen LogP contribution in [0.1, 0.15) is 31.7 Å². The highest BCUT2D eigenvalue weighted by Gasteiger charge is 2.24. The summed E-state index contributed by atoms with van der Waals surface area (Å²) in [6.07, 6.45) is 5.36. The Morgan fingerprint density at radius 3 is 2.93 bits per heavy atom. The second-order valence-electron chi connectivity index (χ2n) is 4.70. The Balaban J connectivity index is 1.85. The Morgan fingerprint density at radius 1 is 1.33 bits per heavy atom. The second-order valence-corrected chi connectivity index (χ2v) is 4.70. The van der Waals surface area contributed by atoms with Crippen LogP contribution >= 0.6 is 0 Å². The summed E-state index contributed by atoms with van der Waals surface area (Å²) in [7, 11) is 0. The van der Waals surface area contributed by atoms with E-state index in [-0.39, 0.29) is 0 Å². The fourth-order valence-electron chi connectivity index (χ4n) is 2.31. The topological polar surface area (TPSA) is 21.3 Å². The maximum Gasteiger partial charge on any atom is 0.125 e. The van der Waals surface area contributed by atoms with E-state index in [9.17, 15) is 0 Å². The molecule has 1 atom stereocenters. The van der Waals surface area contributed by atoms with E-state index in [2.05, 4.69) is 30.4 Å². The molecule has 1 saturated carbocycles. The fraction of sp³-hybridized carbons (Fsp3) is 0.538. The number of anilines is 1. The molecule has 2 nitrogen and oxygen atoms in total. The van der Waals surface area contributed by atoms with Gasteiger partial charge in [-0.2, -0.15) is 0 Å². The zero-order chi connectivity index (χ0) is 10.3. The molecule has 1 fully saturated rings. The van der Waals surface area contributed by atoms with Crippen LogP contribution in [0.4, 0.5) is 5.69 Å². The molecule has 0 amide bonds. The summed E-state index contributed by atoms with van der Waals surface area (Å²) in [4.78, 5) is 0. The molecule has 0 saturated heterocycles. The van der Waals surface area contributed by atoms with Gasteiger partial charge in [-0.25, -0.2) is 0 Å². The van der Waals surface area contributed by atoms with E-state index in [0.29, 0.717) is 12.1 Å². The minimum atomic E-state index is 0.479. The predicted octanol–water partition coefficient (Wildman–Crippen LogP) is 2.97. The van der Waals surface area contributed by atoms with Crippen molar-refractivity contribution in [2.24, 2.45) is 0 Å². The molecule has 1 heterocycles. The first-order valence-corrected chi connectivity index (χ1v) is 5.88. The molecule has 0 spiro atoms. The minimum Gasteiger partial charge on any atom is -0.490 e. The summed E-state index contributed by atoms with van der Waals surface area (Å²) in [5.74, 6) is 1.11. The third-order valence-electron chi connectivity index (χ3n) is 3.39. The number of hydrogen-bond donors (Lipinski definition) is 1. The van der Waals surface area contributed by atoms with E-state index >= 15 is 0 Å². The van der Waals surface area contributed by atoms with Crippen molar-refractivity contribution >= 4 is 5.69 Å². The Labute approximate surface area is 90.6 Å². The zero-order valence-electron chi connectivity index (χ0n) is 9.12. The second kappa shape index (κ2) is 3.44. The van der Waals surface area contributed by atoms with Crippen LogP contribution in [0.3, 0.4) is 0 Å². The van der Waals surface area contributed by atoms with Crippen molar-refractivity contribution < 1.29 is 4.74 Å². The third kappa shape index (κ3) is 1.58. The fourth-order valence-corrected chi connectivity index (χ4v) is 2.31. The molecule has 3 rings (SSSR count). The van der Waals surface area contributed by atoms with Crippen molar-refractivity contribution in [2.45, 2.75) is 44.8 Å². The molecule has 0 radical (unpaired) electrons. The Hall–Kier alpha value is -1.18. The lowest BCUT2D eigenvalue weighted by molar-refractivity contribution is 0.119. The summed E-state index contributed by atoms with van der Waals surface area (Å²) in [5.41, 5.74) is 2.64. The molecule has 1 unspecified atom stereocenters. The molecule has 0 aromatic heterocycles.